The number of anilines is 3. The quantitative estimate of drug-likeness (QED) is 0.212. The first kappa shape index (κ1) is 23.4. The van der Waals surface area contributed by atoms with Crippen LogP contribution in [0.5, 0.6) is 0 Å². The van der Waals surface area contributed by atoms with Crippen LogP contribution in [0.1, 0.15) is 28.6 Å². The lowest BCUT2D eigenvalue weighted by Gasteiger charge is -2.05. The number of benzene rings is 2. The molecule has 0 atom stereocenters. The van der Waals surface area contributed by atoms with E-state index >= 15 is 0 Å². The number of thiazole rings is 1. The number of ether oxygens (including phenoxy) is 1. The molecule has 3 aromatic rings. The van der Waals surface area contributed by atoms with E-state index in [-0.39, 0.29) is 38.1 Å². The van der Waals surface area contributed by atoms with Crippen molar-refractivity contribution in [1.29, 1.82) is 0 Å². The summed E-state index contributed by atoms with van der Waals surface area (Å²) in [5.74, 6) is 0.190. The van der Waals surface area contributed by atoms with E-state index in [0.717, 1.165) is 21.9 Å². The molecule has 0 aliphatic heterocycles. The zero-order valence-corrected chi connectivity index (χ0v) is 19.6. The lowest BCUT2D eigenvalue weighted by molar-refractivity contribution is -0.142. The fraction of sp³-hybridized carbons (Fsp3) is 0.190. The number of hydrogen-bond acceptors (Lipinski definition) is 8. The molecule has 0 saturated heterocycles. The Labute approximate surface area is 198 Å². The fourth-order valence-corrected chi connectivity index (χ4v) is 4.87. The highest BCUT2D eigenvalue weighted by molar-refractivity contribution is 7.99. The van der Waals surface area contributed by atoms with Gasteiger partial charge >= 0.3 is 5.97 Å². The number of carbonyl (C=O) groups is 2. The minimum absolute atomic E-state index is 0.111. The number of nitrogens with two attached hydrogens (primary N) is 1. The van der Waals surface area contributed by atoms with E-state index < -0.39 is 0 Å². The molecule has 31 heavy (non-hydrogen) atoms. The van der Waals surface area contributed by atoms with Gasteiger partial charge < -0.3 is 15.8 Å². The molecule has 1 heterocycles. The minimum atomic E-state index is -0.369. The maximum Gasteiger partial charge on any atom is 0.306 e. The van der Waals surface area contributed by atoms with E-state index in [1.807, 2.05) is 24.3 Å². The Bertz CT molecular complexity index is 1070. The smallest absolute Gasteiger partial charge is 0.306 e. The fourth-order valence-electron chi connectivity index (χ4n) is 2.62. The third-order valence-corrected chi connectivity index (χ3v) is 6.66. The number of hydrogen-bond donors (Lipinski definition) is 2. The number of nitrogen functional groups attached to an aromatic ring is 1. The van der Waals surface area contributed by atoms with Crippen molar-refractivity contribution in [2.24, 2.45) is 0 Å². The van der Waals surface area contributed by atoms with Gasteiger partial charge in [-0.15, -0.1) is 11.8 Å². The summed E-state index contributed by atoms with van der Waals surface area (Å²) in [7, 11) is 0. The number of thioether (sulfide) groups is 1. The highest BCUT2D eigenvalue weighted by atomic mass is 35.5. The third-order valence-electron chi connectivity index (χ3n) is 4.04. The van der Waals surface area contributed by atoms with Gasteiger partial charge in [-0.1, -0.05) is 40.6 Å². The van der Waals surface area contributed by atoms with Gasteiger partial charge in [0, 0.05) is 16.3 Å². The van der Waals surface area contributed by atoms with Crippen molar-refractivity contribution >= 4 is 74.7 Å². The Kier molecular flexibility index (Phi) is 8.20. The zero-order valence-electron chi connectivity index (χ0n) is 16.5. The summed E-state index contributed by atoms with van der Waals surface area (Å²) in [6.07, 6.45) is 0.364. The van der Waals surface area contributed by atoms with Gasteiger partial charge in [0.15, 0.2) is 5.13 Å². The highest BCUT2D eigenvalue weighted by Gasteiger charge is 2.22. The maximum atomic E-state index is 12.9. The van der Waals surface area contributed by atoms with Gasteiger partial charge in [0.2, 0.25) is 5.78 Å². The Morgan fingerprint density at radius 3 is 2.48 bits per heavy atom. The molecule has 3 rings (SSSR count). The second-order valence-electron chi connectivity index (χ2n) is 6.21. The molecule has 0 spiro atoms. The largest absolute Gasteiger partial charge is 0.466 e. The van der Waals surface area contributed by atoms with E-state index in [1.54, 1.807) is 36.9 Å². The average molecular weight is 496 g/mol. The summed E-state index contributed by atoms with van der Waals surface area (Å²) < 4.78 is 4.92. The number of ketones is 1. The van der Waals surface area contributed by atoms with Crippen LogP contribution in [0.4, 0.5) is 16.6 Å². The van der Waals surface area contributed by atoms with E-state index in [9.17, 15) is 9.59 Å². The SMILES string of the molecule is CCOC(=O)CCSc1ccc(Nc2nc(N)c(C(=O)c3c(Cl)cccc3Cl)s2)cc1. The maximum absolute atomic E-state index is 12.9. The topological polar surface area (TPSA) is 94.3 Å². The Morgan fingerprint density at radius 1 is 1.16 bits per heavy atom. The van der Waals surface area contributed by atoms with Gasteiger partial charge in [-0.2, -0.15) is 0 Å². The van der Waals surface area contributed by atoms with Crippen molar-refractivity contribution < 1.29 is 14.3 Å². The average Bonchev–Trinajstić information content (AvgIpc) is 3.09. The number of halogens is 2. The lowest BCUT2D eigenvalue weighted by atomic mass is 10.1. The molecule has 0 aliphatic carbocycles. The van der Waals surface area contributed by atoms with Gasteiger partial charge in [-0.3, -0.25) is 9.59 Å². The number of carbonyl (C=O) groups excluding carboxylic acids is 2. The highest BCUT2D eigenvalue weighted by Crippen LogP contribution is 2.34. The first-order valence-electron chi connectivity index (χ1n) is 9.29. The van der Waals surface area contributed by atoms with Gasteiger partial charge in [0.1, 0.15) is 10.7 Å². The molecule has 10 heteroatoms. The second-order valence-corrected chi connectivity index (χ2v) is 9.19. The monoisotopic (exact) mass is 495 g/mol. The molecule has 0 radical (unpaired) electrons. The van der Waals surface area contributed by atoms with Crippen molar-refractivity contribution in [3.05, 3.63) is 63.0 Å². The molecular formula is C21H19Cl2N3O3S2. The molecule has 2 aromatic carbocycles. The minimum Gasteiger partial charge on any atom is -0.466 e. The third kappa shape index (κ3) is 6.13. The first-order valence-corrected chi connectivity index (χ1v) is 11.9. The molecule has 0 saturated carbocycles. The molecule has 0 unspecified atom stereocenters. The predicted molar refractivity (Wildman–Crippen MR) is 128 cm³/mol. The van der Waals surface area contributed by atoms with E-state index in [0.29, 0.717) is 23.9 Å². The molecule has 0 amide bonds. The van der Waals surface area contributed by atoms with Gasteiger partial charge in [0.25, 0.3) is 0 Å². The standard InChI is InChI=1S/C21H19Cl2N3O3S2/c1-2-29-16(27)10-11-30-13-8-6-12(7-9-13)25-21-26-20(24)19(31-21)18(28)17-14(22)4-3-5-15(17)23/h3-9H,2,10-11,24H2,1H3,(H,25,26). The molecule has 0 bridgehead atoms. The van der Waals surface area contributed by atoms with E-state index in [1.165, 1.54) is 0 Å². The molecule has 3 N–H and O–H groups in total. The van der Waals surface area contributed by atoms with Crippen LogP contribution in [-0.4, -0.2) is 29.1 Å². The molecule has 0 aliphatic rings. The predicted octanol–water partition coefficient (Wildman–Crippen LogP) is 6.05. The van der Waals surface area contributed by atoms with Crippen molar-refractivity contribution in [3.63, 3.8) is 0 Å². The Balaban J connectivity index is 1.65. The van der Waals surface area contributed by atoms with E-state index in [2.05, 4.69) is 10.3 Å². The van der Waals surface area contributed by atoms with Crippen LogP contribution in [0.25, 0.3) is 0 Å². The van der Waals surface area contributed by atoms with Crippen LogP contribution in [0, 0.1) is 0 Å². The Hall–Kier alpha value is -2.26. The van der Waals surface area contributed by atoms with Crippen molar-refractivity contribution in [2.45, 2.75) is 18.2 Å². The van der Waals surface area contributed by atoms with Crippen LogP contribution in [0.15, 0.2) is 47.4 Å². The summed E-state index contributed by atoms with van der Waals surface area (Å²) in [4.78, 5) is 29.8. The Morgan fingerprint density at radius 2 is 1.84 bits per heavy atom. The summed E-state index contributed by atoms with van der Waals surface area (Å²) in [6, 6.07) is 12.5. The van der Waals surface area contributed by atoms with Crippen molar-refractivity contribution in [1.82, 2.24) is 4.98 Å². The molecule has 6 nitrogen and oxygen atoms in total. The van der Waals surface area contributed by atoms with Gasteiger partial charge in [-0.25, -0.2) is 4.98 Å². The van der Waals surface area contributed by atoms with Crippen LogP contribution in [0.3, 0.4) is 0 Å². The molecule has 0 fully saturated rings. The second kappa shape index (κ2) is 10.9. The summed E-state index contributed by atoms with van der Waals surface area (Å²) in [5.41, 5.74) is 6.97. The number of esters is 1. The molecule has 162 valence electrons. The number of nitrogens with one attached hydrogen (secondary N) is 1. The number of aromatic nitrogens is 1. The summed E-state index contributed by atoms with van der Waals surface area (Å²) >= 11 is 15.0. The molecule has 1 aromatic heterocycles. The van der Waals surface area contributed by atoms with Crippen molar-refractivity contribution in [2.75, 3.05) is 23.4 Å². The zero-order chi connectivity index (χ0) is 22.4. The van der Waals surface area contributed by atoms with Crippen LogP contribution >= 0.6 is 46.3 Å². The molecular weight excluding hydrogens is 477 g/mol. The van der Waals surface area contributed by atoms with Crippen molar-refractivity contribution in [3.8, 4) is 0 Å². The number of rotatable bonds is 9. The van der Waals surface area contributed by atoms with Gasteiger partial charge in [-0.05, 0) is 43.3 Å². The normalized spacial score (nSPS) is 10.7. The van der Waals surface area contributed by atoms with E-state index in [4.69, 9.17) is 33.7 Å². The summed E-state index contributed by atoms with van der Waals surface area (Å²) in [5, 5.41) is 4.14. The van der Waals surface area contributed by atoms with Gasteiger partial charge in [0.05, 0.1) is 28.6 Å². The lowest BCUT2D eigenvalue weighted by Crippen LogP contribution is -2.04. The van der Waals surface area contributed by atoms with Crippen LogP contribution in [-0.2, 0) is 9.53 Å². The summed E-state index contributed by atoms with van der Waals surface area (Å²) in [6.45, 7) is 2.18. The first-order chi connectivity index (χ1) is 14.9. The number of nitrogens with zero attached hydrogens (tertiary/aromatic N) is 1. The van der Waals surface area contributed by atoms with Crippen LogP contribution in [0.2, 0.25) is 10.0 Å². The van der Waals surface area contributed by atoms with Crippen LogP contribution < -0.4 is 11.1 Å².